The molecule has 3 rings (SSSR count). The molecule has 0 saturated heterocycles. The molecule has 0 aliphatic heterocycles. The molecule has 0 radical (unpaired) electrons. The van der Waals surface area contributed by atoms with Gasteiger partial charge in [0, 0.05) is 11.6 Å². The average Bonchev–Trinajstić information content (AvgIpc) is 2.94. The zero-order valence-corrected chi connectivity index (χ0v) is 13.4. The van der Waals surface area contributed by atoms with Crippen LogP contribution >= 0.6 is 0 Å². The number of rotatable bonds is 2. The molecule has 140 valence electrons. The van der Waals surface area contributed by atoms with Crippen LogP contribution in [0.2, 0.25) is 0 Å². The van der Waals surface area contributed by atoms with Gasteiger partial charge in [-0.3, -0.25) is 0 Å². The van der Waals surface area contributed by atoms with Crippen LogP contribution in [-0.4, -0.2) is 25.4 Å². The first-order chi connectivity index (χ1) is 11.5. The van der Waals surface area contributed by atoms with E-state index in [0.717, 1.165) is 24.5 Å². The maximum Gasteiger partial charge on any atom is 0.435 e. The Morgan fingerprint density at radius 3 is 2.12 bits per heavy atom. The van der Waals surface area contributed by atoms with E-state index < -0.39 is 23.6 Å². The summed E-state index contributed by atoms with van der Waals surface area (Å²) in [5, 5.41) is 3.21. The van der Waals surface area contributed by atoms with Crippen LogP contribution in [-0.2, 0) is 12.1 Å². The van der Waals surface area contributed by atoms with Crippen molar-refractivity contribution in [3.8, 4) is 0 Å². The monoisotopic (exact) mass is 369 g/mol. The molecule has 0 amide bonds. The second-order valence-corrected chi connectivity index (χ2v) is 6.85. The predicted octanol–water partition coefficient (Wildman–Crippen LogP) is 5.00. The standard InChI is InChI=1S/C17H18F7N/c1-25-14-7-6-12-11-5-3-10(8-9(11)2-4-13(12)14)15(18,16(19,20)21)17(22,23)24/h3,5,8,12-14,25H,2,4,6-7H2,1H3. The molecule has 8 heteroatoms. The van der Waals surface area contributed by atoms with Gasteiger partial charge in [-0.25, -0.2) is 4.39 Å². The van der Waals surface area contributed by atoms with Crippen molar-refractivity contribution in [3.63, 3.8) is 0 Å². The van der Waals surface area contributed by atoms with E-state index in [0.29, 0.717) is 36.4 Å². The van der Waals surface area contributed by atoms with Crippen LogP contribution in [0.3, 0.4) is 0 Å². The lowest BCUT2D eigenvalue weighted by Crippen LogP contribution is -2.50. The van der Waals surface area contributed by atoms with Crippen LogP contribution in [0.25, 0.3) is 0 Å². The number of alkyl halides is 7. The largest absolute Gasteiger partial charge is 0.435 e. The Balaban J connectivity index is 2.03. The van der Waals surface area contributed by atoms with Crippen molar-refractivity contribution in [3.05, 3.63) is 34.9 Å². The molecule has 1 fully saturated rings. The van der Waals surface area contributed by atoms with E-state index in [2.05, 4.69) is 5.32 Å². The van der Waals surface area contributed by atoms with E-state index in [1.807, 2.05) is 7.05 Å². The summed E-state index contributed by atoms with van der Waals surface area (Å²) in [6.45, 7) is 0. The maximum atomic E-state index is 14.2. The summed E-state index contributed by atoms with van der Waals surface area (Å²) >= 11 is 0. The molecule has 25 heavy (non-hydrogen) atoms. The third-order valence-electron chi connectivity index (χ3n) is 5.66. The van der Waals surface area contributed by atoms with E-state index >= 15 is 0 Å². The summed E-state index contributed by atoms with van der Waals surface area (Å²) in [4.78, 5) is 0. The molecule has 1 aromatic carbocycles. The van der Waals surface area contributed by atoms with Gasteiger partial charge in [-0.2, -0.15) is 26.3 Å². The number of halogens is 7. The van der Waals surface area contributed by atoms with Gasteiger partial charge in [-0.15, -0.1) is 0 Å². The van der Waals surface area contributed by atoms with Gasteiger partial charge in [-0.05, 0) is 55.7 Å². The molecule has 1 aromatic rings. The molecule has 2 aliphatic rings. The van der Waals surface area contributed by atoms with Crippen LogP contribution < -0.4 is 5.32 Å². The van der Waals surface area contributed by atoms with Crippen molar-refractivity contribution < 1.29 is 30.7 Å². The Hall–Kier alpha value is -1.31. The summed E-state index contributed by atoms with van der Waals surface area (Å²) < 4.78 is 91.8. The molecule has 0 bridgehead atoms. The van der Waals surface area contributed by atoms with Crippen LogP contribution in [0.15, 0.2) is 18.2 Å². The topological polar surface area (TPSA) is 12.0 Å². The number of benzene rings is 1. The lowest BCUT2D eigenvalue weighted by Gasteiger charge is -2.34. The van der Waals surface area contributed by atoms with Crippen molar-refractivity contribution in [2.24, 2.45) is 5.92 Å². The second kappa shape index (κ2) is 5.86. The highest BCUT2D eigenvalue weighted by atomic mass is 19.4. The summed E-state index contributed by atoms with van der Waals surface area (Å²) in [6.07, 6.45) is -9.38. The third kappa shape index (κ3) is 2.73. The first-order valence-electron chi connectivity index (χ1n) is 8.13. The van der Waals surface area contributed by atoms with Crippen molar-refractivity contribution in [2.75, 3.05) is 7.05 Å². The quantitative estimate of drug-likeness (QED) is 0.723. The van der Waals surface area contributed by atoms with E-state index in [9.17, 15) is 30.7 Å². The van der Waals surface area contributed by atoms with E-state index in [1.54, 1.807) is 0 Å². The number of nitrogens with one attached hydrogen (secondary N) is 1. The minimum atomic E-state index is -6.07. The van der Waals surface area contributed by atoms with Crippen LogP contribution in [0.4, 0.5) is 30.7 Å². The zero-order valence-electron chi connectivity index (χ0n) is 13.4. The van der Waals surface area contributed by atoms with Crippen LogP contribution in [0.5, 0.6) is 0 Å². The number of fused-ring (bicyclic) bond motifs is 3. The zero-order chi connectivity index (χ0) is 18.6. The Kier molecular flexibility index (Phi) is 4.33. The molecule has 0 heterocycles. The maximum absolute atomic E-state index is 14.2. The molecular formula is C17H18F7N. The average molecular weight is 369 g/mol. The normalized spacial score (nSPS) is 27.1. The Bertz CT molecular complexity index is 635. The minimum absolute atomic E-state index is 0.0982. The molecule has 3 atom stereocenters. The first-order valence-corrected chi connectivity index (χ1v) is 8.13. The van der Waals surface area contributed by atoms with E-state index in [-0.39, 0.29) is 5.92 Å². The fourth-order valence-corrected chi connectivity index (χ4v) is 4.42. The summed E-state index contributed by atoms with van der Waals surface area (Å²) in [5.74, 6) is 0.407. The Morgan fingerprint density at radius 2 is 1.56 bits per heavy atom. The number of aryl methyl sites for hydroxylation is 1. The summed E-state index contributed by atoms with van der Waals surface area (Å²) in [6, 6.07) is 2.96. The molecular weight excluding hydrogens is 351 g/mol. The highest BCUT2D eigenvalue weighted by molar-refractivity contribution is 5.41. The van der Waals surface area contributed by atoms with Gasteiger partial charge in [-0.1, -0.05) is 18.2 Å². The number of hydrogen-bond donors (Lipinski definition) is 1. The van der Waals surface area contributed by atoms with Crippen molar-refractivity contribution in [1.29, 1.82) is 0 Å². The molecule has 3 unspecified atom stereocenters. The smallest absolute Gasteiger partial charge is 0.317 e. The highest BCUT2D eigenvalue weighted by Gasteiger charge is 2.73. The first kappa shape index (κ1) is 18.5. The molecule has 1 saturated carbocycles. The molecule has 2 aliphatic carbocycles. The van der Waals surface area contributed by atoms with Crippen LogP contribution in [0, 0.1) is 5.92 Å². The van der Waals surface area contributed by atoms with Gasteiger partial charge >= 0.3 is 18.0 Å². The third-order valence-corrected chi connectivity index (χ3v) is 5.66. The lowest BCUT2D eigenvalue weighted by molar-refractivity contribution is -0.348. The fraction of sp³-hybridized carbons (Fsp3) is 0.647. The van der Waals surface area contributed by atoms with Gasteiger partial charge in [0.15, 0.2) is 0 Å². The lowest BCUT2D eigenvalue weighted by atomic mass is 9.74. The van der Waals surface area contributed by atoms with Gasteiger partial charge < -0.3 is 5.32 Å². The molecule has 1 N–H and O–H groups in total. The van der Waals surface area contributed by atoms with Crippen molar-refractivity contribution >= 4 is 0 Å². The van der Waals surface area contributed by atoms with Crippen molar-refractivity contribution in [2.45, 2.75) is 55.7 Å². The van der Waals surface area contributed by atoms with Gasteiger partial charge in [0.25, 0.3) is 0 Å². The molecule has 1 nitrogen and oxygen atoms in total. The molecule has 0 aromatic heterocycles. The highest BCUT2D eigenvalue weighted by Crippen LogP contribution is 2.54. The van der Waals surface area contributed by atoms with Gasteiger partial charge in [0.2, 0.25) is 0 Å². The van der Waals surface area contributed by atoms with Gasteiger partial charge in [0.05, 0.1) is 0 Å². The minimum Gasteiger partial charge on any atom is -0.317 e. The number of hydrogen-bond acceptors (Lipinski definition) is 1. The van der Waals surface area contributed by atoms with E-state index in [1.165, 1.54) is 6.07 Å². The van der Waals surface area contributed by atoms with Crippen LogP contribution in [0.1, 0.15) is 41.9 Å². The summed E-state index contributed by atoms with van der Waals surface area (Å²) in [7, 11) is 1.84. The molecule has 0 spiro atoms. The Labute approximate surface area is 140 Å². The van der Waals surface area contributed by atoms with E-state index in [4.69, 9.17) is 0 Å². The predicted molar refractivity (Wildman–Crippen MR) is 78.0 cm³/mol. The summed E-state index contributed by atoms with van der Waals surface area (Å²) in [5.41, 5.74) is -5.59. The second-order valence-electron chi connectivity index (χ2n) is 6.85. The van der Waals surface area contributed by atoms with Crippen molar-refractivity contribution in [1.82, 2.24) is 5.32 Å². The Morgan fingerprint density at radius 1 is 0.920 bits per heavy atom. The SMILES string of the molecule is CNC1CCC2c3ccc(C(F)(C(F)(F)F)C(F)(F)F)cc3CCC12. The fourth-order valence-electron chi connectivity index (χ4n) is 4.42. The van der Waals surface area contributed by atoms with Gasteiger partial charge in [0.1, 0.15) is 0 Å².